The molecule has 114 valence electrons. The summed E-state index contributed by atoms with van der Waals surface area (Å²) in [6, 6.07) is 23.6. The predicted octanol–water partition coefficient (Wildman–Crippen LogP) is 5.38. The highest BCUT2D eigenvalue weighted by Gasteiger charge is 2.10. The average molecular weight is 324 g/mol. The molecule has 23 heavy (non-hydrogen) atoms. The van der Waals surface area contributed by atoms with Crippen molar-refractivity contribution in [2.75, 3.05) is 5.32 Å². The zero-order valence-corrected chi connectivity index (χ0v) is 13.0. The molecule has 0 heterocycles. The number of anilines is 1. The minimum atomic E-state index is -0.257. The fraction of sp³-hybridized carbons (Fsp3) is 0. The zero-order chi connectivity index (χ0) is 16.1. The number of para-hydroxylation sites is 1. The van der Waals surface area contributed by atoms with E-state index < -0.39 is 0 Å². The Balaban J connectivity index is 1.75. The Hall–Kier alpha value is -2.78. The quantitative estimate of drug-likeness (QED) is 0.699. The Morgan fingerprint density at radius 1 is 0.826 bits per heavy atom. The van der Waals surface area contributed by atoms with Crippen LogP contribution in [-0.4, -0.2) is 5.91 Å². The van der Waals surface area contributed by atoms with E-state index in [1.54, 1.807) is 36.4 Å². The maximum Gasteiger partial charge on any atom is 0.257 e. The Morgan fingerprint density at radius 3 is 2.30 bits per heavy atom. The number of amides is 1. The summed E-state index contributed by atoms with van der Waals surface area (Å²) in [7, 11) is 0. The van der Waals surface area contributed by atoms with Gasteiger partial charge in [-0.1, -0.05) is 48.0 Å². The normalized spacial score (nSPS) is 10.1. The number of rotatable bonds is 4. The molecule has 0 atom stereocenters. The molecule has 3 aromatic carbocycles. The number of halogens is 1. The largest absolute Gasteiger partial charge is 0.457 e. The summed E-state index contributed by atoms with van der Waals surface area (Å²) in [6.07, 6.45) is 0. The molecule has 0 aromatic heterocycles. The van der Waals surface area contributed by atoms with Crippen LogP contribution in [0.25, 0.3) is 0 Å². The second-order valence-electron chi connectivity index (χ2n) is 4.88. The summed E-state index contributed by atoms with van der Waals surface area (Å²) in [5.74, 6) is 1.13. The smallest absolute Gasteiger partial charge is 0.257 e. The number of carbonyl (C=O) groups excluding carboxylic acids is 1. The first kappa shape index (κ1) is 15.1. The minimum Gasteiger partial charge on any atom is -0.457 e. The first-order chi connectivity index (χ1) is 11.2. The lowest BCUT2D eigenvalue weighted by atomic mass is 10.2. The summed E-state index contributed by atoms with van der Waals surface area (Å²) in [4.78, 5) is 12.3. The van der Waals surface area contributed by atoms with Gasteiger partial charge in [0.2, 0.25) is 0 Å². The highest BCUT2D eigenvalue weighted by molar-refractivity contribution is 6.34. The van der Waals surface area contributed by atoms with Crippen molar-refractivity contribution in [3.63, 3.8) is 0 Å². The lowest BCUT2D eigenvalue weighted by molar-refractivity contribution is 0.102. The standard InChI is InChI=1S/C19H14ClNO2/c20-18-12-5-4-11-17(18)19(22)21-14-7-6-10-16(13-14)23-15-8-2-1-3-9-15/h1-13H,(H,21,22). The Labute approximate surface area is 139 Å². The van der Waals surface area contributed by atoms with E-state index in [-0.39, 0.29) is 5.91 Å². The van der Waals surface area contributed by atoms with E-state index in [9.17, 15) is 4.79 Å². The number of hydrogen-bond donors (Lipinski definition) is 1. The van der Waals surface area contributed by atoms with Gasteiger partial charge in [-0.2, -0.15) is 0 Å². The molecule has 0 aliphatic heterocycles. The molecule has 0 unspecified atom stereocenters. The van der Waals surface area contributed by atoms with Crippen LogP contribution in [0.3, 0.4) is 0 Å². The number of benzene rings is 3. The molecule has 3 nitrogen and oxygen atoms in total. The van der Waals surface area contributed by atoms with E-state index in [1.807, 2.05) is 42.5 Å². The zero-order valence-electron chi connectivity index (χ0n) is 12.2. The van der Waals surface area contributed by atoms with Gasteiger partial charge in [0.15, 0.2) is 0 Å². The van der Waals surface area contributed by atoms with Crippen molar-refractivity contribution in [1.82, 2.24) is 0 Å². The van der Waals surface area contributed by atoms with E-state index in [0.717, 1.165) is 5.75 Å². The highest BCUT2D eigenvalue weighted by atomic mass is 35.5. The molecule has 4 heteroatoms. The fourth-order valence-electron chi connectivity index (χ4n) is 2.11. The lowest BCUT2D eigenvalue weighted by Gasteiger charge is -2.09. The van der Waals surface area contributed by atoms with Gasteiger partial charge in [0.05, 0.1) is 10.6 Å². The molecule has 0 bridgehead atoms. The third kappa shape index (κ3) is 3.90. The van der Waals surface area contributed by atoms with Crippen LogP contribution < -0.4 is 10.1 Å². The van der Waals surface area contributed by atoms with E-state index >= 15 is 0 Å². The Kier molecular flexibility index (Phi) is 4.60. The van der Waals surface area contributed by atoms with Gasteiger partial charge in [-0.25, -0.2) is 0 Å². The summed E-state index contributed by atoms with van der Waals surface area (Å²) in [5.41, 5.74) is 1.08. The van der Waals surface area contributed by atoms with Crippen LogP contribution >= 0.6 is 11.6 Å². The maximum atomic E-state index is 12.3. The molecule has 0 saturated carbocycles. The third-order valence-electron chi connectivity index (χ3n) is 3.19. The Morgan fingerprint density at radius 2 is 1.52 bits per heavy atom. The first-order valence-electron chi connectivity index (χ1n) is 7.11. The fourth-order valence-corrected chi connectivity index (χ4v) is 2.33. The van der Waals surface area contributed by atoms with Gasteiger partial charge in [0, 0.05) is 11.8 Å². The van der Waals surface area contributed by atoms with Crippen molar-refractivity contribution in [1.29, 1.82) is 0 Å². The second kappa shape index (κ2) is 6.99. The van der Waals surface area contributed by atoms with E-state index in [0.29, 0.717) is 22.0 Å². The molecule has 0 saturated heterocycles. The molecule has 0 radical (unpaired) electrons. The van der Waals surface area contributed by atoms with Crippen molar-refractivity contribution in [3.05, 3.63) is 89.4 Å². The van der Waals surface area contributed by atoms with Gasteiger partial charge in [-0.3, -0.25) is 4.79 Å². The van der Waals surface area contributed by atoms with Crippen LogP contribution in [0.5, 0.6) is 11.5 Å². The SMILES string of the molecule is O=C(Nc1cccc(Oc2ccccc2)c1)c1ccccc1Cl. The summed E-state index contributed by atoms with van der Waals surface area (Å²) in [5, 5.41) is 3.24. The van der Waals surface area contributed by atoms with Crippen molar-refractivity contribution in [2.24, 2.45) is 0 Å². The van der Waals surface area contributed by atoms with Gasteiger partial charge in [0.25, 0.3) is 5.91 Å². The van der Waals surface area contributed by atoms with E-state index in [1.165, 1.54) is 0 Å². The number of hydrogen-bond acceptors (Lipinski definition) is 2. The summed E-state index contributed by atoms with van der Waals surface area (Å²) in [6.45, 7) is 0. The van der Waals surface area contributed by atoms with E-state index in [4.69, 9.17) is 16.3 Å². The molecule has 1 amide bonds. The van der Waals surface area contributed by atoms with Crippen LogP contribution in [-0.2, 0) is 0 Å². The minimum absolute atomic E-state index is 0.257. The van der Waals surface area contributed by atoms with Crippen LogP contribution in [0, 0.1) is 0 Å². The van der Waals surface area contributed by atoms with Crippen LogP contribution in [0.15, 0.2) is 78.9 Å². The molecule has 0 aliphatic rings. The summed E-state index contributed by atoms with van der Waals surface area (Å²) < 4.78 is 5.75. The van der Waals surface area contributed by atoms with E-state index in [2.05, 4.69) is 5.32 Å². The summed E-state index contributed by atoms with van der Waals surface area (Å²) >= 11 is 6.04. The molecule has 3 aromatic rings. The molecule has 1 N–H and O–H groups in total. The van der Waals surface area contributed by atoms with Crippen molar-refractivity contribution in [3.8, 4) is 11.5 Å². The average Bonchev–Trinajstić information content (AvgIpc) is 2.56. The molecular weight excluding hydrogens is 310 g/mol. The van der Waals surface area contributed by atoms with Gasteiger partial charge >= 0.3 is 0 Å². The maximum absolute atomic E-state index is 12.3. The van der Waals surface area contributed by atoms with Crippen molar-refractivity contribution in [2.45, 2.75) is 0 Å². The van der Waals surface area contributed by atoms with Crippen molar-refractivity contribution >= 4 is 23.2 Å². The van der Waals surface area contributed by atoms with Gasteiger partial charge in [-0.05, 0) is 36.4 Å². The molecule has 0 aliphatic carbocycles. The number of ether oxygens (including phenoxy) is 1. The molecule has 3 rings (SSSR count). The van der Waals surface area contributed by atoms with Gasteiger partial charge in [0.1, 0.15) is 11.5 Å². The van der Waals surface area contributed by atoms with Crippen LogP contribution in [0.2, 0.25) is 5.02 Å². The number of carbonyl (C=O) groups is 1. The first-order valence-corrected chi connectivity index (χ1v) is 7.49. The lowest BCUT2D eigenvalue weighted by Crippen LogP contribution is -2.12. The van der Waals surface area contributed by atoms with Crippen molar-refractivity contribution < 1.29 is 9.53 Å². The van der Waals surface area contributed by atoms with Gasteiger partial charge < -0.3 is 10.1 Å². The number of nitrogens with one attached hydrogen (secondary N) is 1. The molecule has 0 spiro atoms. The predicted molar refractivity (Wildman–Crippen MR) is 92.4 cm³/mol. The topological polar surface area (TPSA) is 38.3 Å². The monoisotopic (exact) mass is 323 g/mol. The van der Waals surface area contributed by atoms with Crippen LogP contribution in [0.4, 0.5) is 5.69 Å². The Bertz CT molecular complexity index is 818. The van der Waals surface area contributed by atoms with Crippen LogP contribution in [0.1, 0.15) is 10.4 Å². The molecule has 0 fully saturated rings. The second-order valence-corrected chi connectivity index (χ2v) is 5.28. The third-order valence-corrected chi connectivity index (χ3v) is 3.52. The van der Waals surface area contributed by atoms with Gasteiger partial charge in [-0.15, -0.1) is 0 Å². The highest BCUT2D eigenvalue weighted by Crippen LogP contribution is 2.24. The molecular formula is C19H14ClNO2.